The average Bonchev–Trinajstić information content (AvgIpc) is 2.81. The minimum atomic E-state index is 0.373. The van der Waals surface area contributed by atoms with Crippen LogP contribution in [0, 0.1) is 0 Å². The number of hydrogen-bond donors (Lipinski definition) is 1. The summed E-state index contributed by atoms with van der Waals surface area (Å²) in [6.45, 7) is 4.43. The van der Waals surface area contributed by atoms with Crippen molar-refractivity contribution in [3.63, 3.8) is 0 Å². The maximum atomic E-state index is 4.93. The van der Waals surface area contributed by atoms with E-state index < -0.39 is 0 Å². The molecule has 0 bridgehead atoms. The maximum Gasteiger partial charge on any atom is 0.124 e. The Labute approximate surface area is 109 Å². The second-order valence-corrected chi connectivity index (χ2v) is 5.82. The van der Waals surface area contributed by atoms with Crippen molar-refractivity contribution in [3.8, 4) is 0 Å². The van der Waals surface area contributed by atoms with Crippen LogP contribution >= 0.6 is 0 Å². The van der Waals surface area contributed by atoms with E-state index in [1.807, 2.05) is 6.07 Å². The van der Waals surface area contributed by atoms with Crippen LogP contribution < -0.4 is 5.32 Å². The van der Waals surface area contributed by atoms with Gasteiger partial charge in [0.2, 0.25) is 0 Å². The van der Waals surface area contributed by atoms with Gasteiger partial charge < -0.3 is 9.84 Å². The largest absolute Gasteiger partial charge is 0.364 e. The van der Waals surface area contributed by atoms with Gasteiger partial charge in [0.15, 0.2) is 0 Å². The molecule has 0 atom stereocenters. The molecule has 4 heteroatoms. The number of nitrogens with one attached hydrogen (secondary N) is 1. The predicted molar refractivity (Wildman–Crippen MR) is 70.2 cm³/mol. The lowest BCUT2D eigenvalue weighted by molar-refractivity contribution is 0.157. The topological polar surface area (TPSA) is 41.3 Å². The zero-order valence-electron chi connectivity index (χ0n) is 11.0. The Bertz CT molecular complexity index is 357. The first-order valence-corrected chi connectivity index (χ1v) is 7.23. The van der Waals surface area contributed by atoms with Gasteiger partial charge in [0.25, 0.3) is 0 Å². The van der Waals surface area contributed by atoms with Crippen LogP contribution in [-0.4, -0.2) is 35.2 Å². The minimum Gasteiger partial charge on any atom is -0.364 e. The van der Waals surface area contributed by atoms with E-state index in [4.69, 9.17) is 4.52 Å². The van der Waals surface area contributed by atoms with Gasteiger partial charge in [-0.2, -0.15) is 0 Å². The summed E-state index contributed by atoms with van der Waals surface area (Å²) in [5.41, 5.74) is 1.43. The Kier molecular flexibility index (Phi) is 3.66. The number of nitrogens with zero attached hydrogens (tertiary/aromatic N) is 2. The summed E-state index contributed by atoms with van der Waals surface area (Å²) >= 11 is 0. The molecule has 0 unspecified atom stereocenters. The lowest BCUT2D eigenvalue weighted by atomic mass is 9.81. The average molecular weight is 249 g/mol. The highest BCUT2D eigenvalue weighted by molar-refractivity contribution is 4.99. The van der Waals surface area contributed by atoms with Gasteiger partial charge in [-0.3, -0.25) is 4.90 Å². The molecule has 18 heavy (non-hydrogen) atoms. The van der Waals surface area contributed by atoms with Gasteiger partial charge >= 0.3 is 0 Å². The third kappa shape index (κ3) is 2.75. The lowest BCUT2D eigenvalue weighted by Gasteiger charge is -2.39. The van der Waals surface area contributed by atoms with E-state index in [2.05, 4.69) is 15.4 Å². The molecule has 1 saturated carbocycles. The third-order valence-corrected chi connectivity index (χ3v) is 4.36. The molecule has 1 aliphatic carbocycles. The quantitative estimate of drug-likeness (QED) is 0.872. The van der Waals surface area contributed by atoms with E-state index in [1.54, 1.807) is 6.26 Å². The van der Waals surface area contributed by atoms with Crippen molar-refractivity contribution in [2.75, 3.05) is 19.6 Å². The summed E-state index contributed by atoms with van der Waals surface area (Å²) in [5, 5.41) is 7.86. The van der Waals surface area contributed by atoms with Crippen molar-refractivity contribution in [1.82, 2.24) is 15.4 Å². The standard InChI is InChI=1S/C14H23N3O/c1-2-6-14(7-3-1)12-17(9-4-8-15-14)11-13-5-10-18-16-13/h5,10,15H,1-4,6-9,11-12H2. The second-order valence-electron chi connectivity index (χ2n) is 5.82. The fourth-order valence-electron chi connectivity index (χ4n) is 3.47. The van der Waals surface area contributed by atoms with Crippen molar-refractivity contribution in [3.05, 3.63) is 18.0 Å². The van der Waals surface area contributed by atoms with E-state index in [1.165, 1.54) is 51.6 Å². The fraction of sp³-hybridized carbons (Fsp3) is 0.786. The molecule has 1 saturated heterocycles. The van der Waals surface area contributed by atoms with Gasteiger partial charge in [-0.1, -0.05) is 24.4 Å². The highest BCUT2D eigenvalue weighted by Crippen LogP contribution is 2.30. The molecule has 0 aromatic carbocycles. The molecule has 1 aromatic rings. The van der Waals surface area contributed by atoms with Crippen LogP contribution in [0.4, 0.5) is 0 Å². The third-order valence-electron chi connectivity index (χ3n) is 4.36. The van der Waals surface area contributed by atoms with Crippen LogP contribution in [0.5, 0.6) is 0 Å². The molecule has 0 amide bonds. The highest BCUT2D eigenvalue weighted by atomic mass is 16.5. The number of rotatable bonds is 2. The highest BCUT2D eigenvalue weighted by Gasteiger charge is 2.34. The Morgan fingerprint density at radius 1 is 1.28 bits per heavy atom. The molecular formula is C14H23N3O. The first-order chi connectivity index (χ1) is 8.86. The number of aromatic nitrogens is 1. The fourth-order valence-corrected chi connectivity index (χ4v) is 3.47. The Morgan fingerprint density at radius 3 is 2.94 bits per heavy atom. The summed E-state index contributed by atoms with van der Waals surface area (Å²) in [4.78, 5) is 2.54. The Hall–Kier alpha value is -0.870. The van der Waals surface area contributed by atoms with Crippen molar-refractivity contribution < 1.29 is 4.52 Å². The monoisotopic (exact) mass is 249 g/mol. The first kappa shape index (κ1) is 12.2. The molecule has 100 valence electrons. The molecule has 0 radical (unpaired) electrons. The van der Waals surface area contributed by atoms with Crippen molar-refractivity contribution in [1.29, 1.82) is 0 Å². The summed E-state index contributed by atoms with van der Waals surface area (Å²) < 4.78 is 4.93. The predicted octanol–water partition coefficient (Wildman–Crippen LogP) is 2.17. The van der Waals surface area contributed by atoms with Crippen LogP contribution in [0.2, 0.25) is 0 Å². The Morgan fingerprint density at radius 2 is 2.17 bits per heavy atom. The van der Waals surface area contributed by atoms with Gasteiger partial charge in [-0.05, 0) is 32.4 Å². The normalized spacial score (nSPS) is 25.1. The van der Waals surface area contributed by atoms with Gasteiger partial charge in [-0.15, -0.1) is 0 Å². The molecule has 4 nitrogen and oxygen atoms in total. The summed E-state index contributed by atoms with van der Waals surface area (Å²) in [6.07, 6.45) is 9.74. The summed E-state index contributed by atoms with van der Waals surface area (Å²) in [5.74, 6) is 0. The molecule has 2 aliphatic rings. The van der Waals surface area contributed by atoms with Crippen LogP contribution in [0.1, 0.15) is 44.2 Å². The zero-order valence-corrected chi connectivity index (χ0v) is 11.0. The van der Waals surface area contributed by atoms with Crippen LogP contribution in [0.25, 0.3) is 0 Å². The van der Waals surface area contributed by atoms with E-state index in [9.17, 15) is 0 Å². The molecular weight excluding hydrogens is 226 g/mol. The van der Waals surface area contributed by atoms with E-state index >= 15 is 0 Å². The molecule has 1 spiro atoms. The van der Waals surface area contributed by atoms with Crippen LogP contribution in [-0.2, 0) is 6.54 Å². The van der Waals surface area contributed by atoms with Gasteiger partial charge in [0.05, 0.1) is 5.69 Å². The van der Waals surface area contributed by atoms with Crippen molar-refractivity contribution in [2.24, 2.45) is 0 Å². The molecule has 3 rings (SSSR count). The van der Waals surface area contributed by atoms with Crippen LogP contribution in [0.15, 0.2) is 16.9 Å². The number of hydrogen-bond acceptors (Lipinski definition) is 4. The molecule has 2 heterocycles. The van der Waals surface area contributed by atoms with Gasteiger partial charge in [0.1, 0.15) is 6.26 Å². The second kappa shape index (κ2) is 5.41. The SMILES string of the molecule is c1cc(CN2CCCNC3(CCCCC3)C2)no1. The van der Waals surface area contributed by atoms with E-state index in [-0.39, 0.29) is 0 Å². The van der Waals surface area contributed by atoms with Gasteiger partial charge in [-0.25, -0.2) is 0 Å². The Balaban J connectivity index is 1.66. The van der Waals surface area contributed by atoms with E-state index in [0.29, 0.717) is 5.54 Å². The van der Waals surface area contributed by atoms with Crippen LogP contribution in [0.3, 0.4) is 0 Å². The summed E-state index contributed by atoms with van der Waals surface area (Å²) in [6, 6.07) is 1.98. The lowest BCUT2D eigenvalue weighted by Crippen LogP contribution is -2.52. The first-order valence-electron chi connectivity index (χ1n) is 7.23. The zero-order chi connectivity index (χ0) is 12.3. The van der Waals surface area contributed by atoms with Crippen molar-refractivity contribution in [2.45, 2.75) is 50.6 Å². The molecule has 1 aromatic heterocycles. The molecule has 1 aliphatic heterocycles. The van der Waals surface area contributed by atoms with E-state index in [0.717, 1.165) is 18.8 Å². The smallest absolute Gasteiger partial charge is 0.124 e. The van der Waals surface area contributed by atoms with Crippen molar-refractivity contribution >= 4 is 0 Å². The minimum absolute atomic E-state index is 0.373. The van der Waals surface area contributed by atoms with Gasteiger partial charge in [0, 0.05) is 24.7 Å². The molecule has 1 N–H and O–H groups in total. The maximum absolute atomic E-state index is 4.93. The summed E-state index contributed by atoms with van der Waals surface area (Å²) in [7, 11) is 0. The molecule has 2 fully saturated rings.